The lowest BCUT2D eigenvalue weighted by atomic mass is 10.3. The molecule has 1 aromatic carbocycles. The monoisotopic (exact) mass is 359 g/mol. The number of nitrogens with zero attached hydrogens (tertiary/aromatic N) is 2. The molecule has 0 aliphatic carbocycles. The van der Waals surface area contributed by atoms with Crippen LogP contribution in [0.5, 0.6) is 0 Å². The number of halogens is 2. The molecule has 6 heteroatoms. The van der Waals surface area contributed by atoms with Gasteiger partial charge < -0.3 is 5.32 Å². The molecular weight excluding hydrogens is 348 g/mol. The third-order valence-electron chi connectivity index (χ3n) is 2.43. The summed E-state index contributed by atoms with van der Waals surface area (Å²) in [6.45, 7) is 1.81. The fourth-order valence-corrected chi connectivity index (χ4v) is 2.10. The first-order chi connectivity index (χ1) is 8.49. The molecular formula is C12H11FIN3O. The van der Waals surface area contributed by atoms with Crippen LogP contribution in [0.2, 0.25) is 0 Å². The number of amides is 1. The second-order valence-electron chi connectivity index (χ2n) is 3.85. The first-order valence-electron chi connectivity index (χ1n) is 5.25. The molecule has 1 heterocycles. The van der Waals surface area contributed by atoms with Crippen LogP contribution in [-0.4, -0.2) is 15.7 Å². The first-order valence-corrected chi connectivity index (χ1v) is 6.33. The second kappa shape index (κ2) is 5.05. The molecule has 94 valence electrons. The zero-order valence-corrected chi connectivity index (χ0v) is 12.0. The van der Waals surface area contributed by atoms with Gasteiger partial charge in [0.1, 0.15) is 11.5 Å². The molecule has 0 saturated heterocycles. The fourth-order valence-electron chi connectivity index (χ4n) is 1.61. The number of anilines is 1. The molecule has 0 bridgehead atoms. The average Bonchev–Trinajstić information content (AvgIpc) is 2.64. The molecule has 4 nitrogen and oxygen atoms in total. The molecule has 2 rings (SSSR count). The topological polar surface area (TPSA) is 46.9 Å². The lowest BCUT2D eigenvalue weighted by molar-refractivity contribution is 0.101. The Kier molecular flexibility index (Phi) is 3.65. The Bertz CT molecular complexity index is 609. The second-order valence-corrected chi connectivity index (χ2v) is 4.93. The molecule has 0 saturated carbocycles. The van der Waals surface area contributed by atoms with E-state index in [1.165, 1.54) is 10.7 Å². The van der Waals surface area contributed by atoms with Crippen LogP contribution in [0.1, 0.15) is 16.2 Å². The molecule has 0 radical (unpaired) electrons. The third-order valence-corrected chi connectivity index (χ3v) is 3.53. The van der Waals surface area contributed by atoms with E-state index in [1.807, 2.05) is 29.5 Å². The summed E-state index contributed by atoms with van der Waals surface area (Å²) in [7, 11) is 1.69. The summed E-state index contributed by atoms with van der Waals surface area (Å²) in [5.41, 5.74) is 1.66. The van der Waals surface area contributed by atoms with E-state index in [9.17, 15) is 9.18 Å². The van der Waals surface area contributed by atoms with Crippen molar-refractivity contribution in [2.75, 3.05) is 5.32 Å². The van der Waals surface area contributed by atoms with Crippen molar-refractivity contribution in [2.45, 2.75) is 6.92 Å². The highest BCUT2D eigenvalue weighted by Crippen LogP contribution is 2.21. The zero-order valence-electron chi connectivity index (χ0n) is 9.87. The van der Waals surface area contributed by atoms with Crippen molar-refractivity contribution < 1.29 is 9.18 Å². The maximum atomic E-state index is 13.3. The van der Waals surface area contributed by atoms with Crippen molar-refractivity contribution in [1.29, 1.82) is 0 Å². The number of carbonyl (C=O) groups is 1. The Morgan fingerprint density at radius 3 is 2.83 bits per heavy atom. The van der Waals surface area contributed by atoms with E-state index in [0.717, 1.165) is 5.69 Å². The van der Waals surface area contributed by atoms with Gasteiger partial charge in [0.2, 0.25) is 0 Å². The van der Waals surface area contributed by atoms with Crippen molar-refractivity contribution in [3.63, 3.8) is 0 Å². The van der Waals surface area contributed by atoms with E-state index in [1.54, 1.807) is 25.2 Å². The Morgan fingerprint density at radius 2 is 2.22 bits per heavy atom. The molecule has 2 aromatic rings. The number of rotatable bonds is 2. The third kappa shape index (κ3) is 2.53. The molecule has 0 aliphatic heterocycles. The smallest absolute Gasteiger partial charge is 0.273 e. The van der Waals surface area contributed by atoms with E-state index in [0.29, 0.717) is 15.0 Å². The number of carbonyl (C=O) groups excluding carboxylic acids is 1. The van der Waals surface area contributed by atoms with Gasteiger partial charge in [-0.25, -0.2) is 4.39 Å². The largest absolute Gasteiger partial charge is 0.320 e. The van der Waals surface area contributed by atoms with Gasteiger partial charge in [0.15, 0.2) is 0 Å². The molecule has 1 aromatic heterocycles. The Morgan fingerprint density at radius 1 is 1.50 bits per heavy atom. The normalized spacial score (nSPS) is 10.4. The van der Waals surface area contributed by atoms with Crippen LogP contribution in [0.25, 0.3) is 0 Å². The summed E-state index contributed by atoms with van der Waals surface area (Å²) >= 11 is 1.86. The van der Waals surface area contributed by atoms with Gasteiger partial charge in [-0.2, -0.15) is 5.10 Å². The summed E-state index contributed by atoms with van der Waals surface area (Å²) in [6.07, 6.45) is 0. The van der Waals surface area contributed by atoms with Crippen LogP contribution in [0.3, 0.4) is 0 Å². The van der Waals surface area contributed by atoms with Crippen molar-refractivity contribution in [1.82, 2.24) is 9.78 Å². The lowest BCUT2D eigenvalue weighted by Gasteiger charge is -2.07. The Labute approximate surface area is 117 Å². The molecule has 0 unspecified atom stereocenters. The molecule has 0 aliphatic rings. The molecule has 1 amide bonds. The number of benzene rings is 1. The van der Waals surface area contributed by atoms with E-state index >= 15 is 0 Å². The van der Waals surface area contributed by atoms with Gasteiger partial charge in [-0.1, -0.05) is 6.07 Å². The Hall–Kier alpha value is -1.44. The quantitative estimate of drug-likeness (QED) is 0.839. The maximum Gasteiger partial charge on any atom is 0.273 e. The SMILES string of the molecule is Cc1cc(C(=O)Nc2cccc(F)c2I)n(C)n1. The highest BCUT2D eigenvalue weighted by Gasteiger charge is 2.14. The van der Waals surface area contributed by atoms with Gasteiger partial charge in [-0.15, -0.1) is 0 Å². The maximum absolute atomic E-state index is 13.3. The molecule has 0 spiro atoms. The van der Waals surface area contributed by atoms with Crippen LogP contribution in [0.15, 0.2) is 24.3 Å². The number of hydrogen-bond acceptors (Lipinski definition) is 2. The predicted octanol–water partition coefficient (Wildman–Crippen LogP) is 2.72. The van der Waals surface area contributed by atoms with E-state index in [2.05, 4.69) is 10.4 Å². The van der Waals surface area contributed by atoms with E-state index in [-0.39, 0.29) is 11.7 Å². The first kappa shape index (κ1) is 13.0. The summed E-state index contributed by atoms with van der Waals surface area (Å²) in [5, 5.41) is 6.77. The van der Waals surface area contributed by atoms with Gasteiger partial charge in [0.05, 0.1) is 15.0 Å². The van der Waals surface area contributed by atoms with Crippen LogP contribution in [-0.2, 0) is 7.05 Å². The molecule has 0 fully saturated rings. The van der Waals surface area contributed by atoms with Gasteiger partial charge in [0.25, 0.3) is 5.91 Å². The van der Waals surface area contributed by atoms with Crippen molar-refractivity contribution in [3.05, 3.63) is 45.0 Å². The minimum Gasteiger partial charge on any atom is -0.320 e. The lowest BCUT2D eigenvalue weighted by Crippen LogP contribution is -2.17. The minimum absolute atomic E-state index is 0.304. The summed E-state index contributed by atoms with van der Waals surface area (Å²) < 4.78 is 15.2. The van der Waals surface area contributed by atoms with Crippen LogP contribution in [0.4, 0.5) is 10.1 Å². The van der Waals surface area contributed by atoms with E-state index < -0.39 is 0 Å². The van der Waals surface area contributed by atoms with Gasteiger partial charge in [-0.05, 0) is 47.7 Å². The highest BCUT2D eigenvalue weighted by atomic mass is 127. The number of aromatic nitrogens is 2. The number of nitrogens with one attached hydrogen (secondary N) is 1. The highest BCUT2D eigenvalue weighted by molar-refractivity contribution is 14.1. The standard InChI is InChI=1S/C12H11FIN3O/c1-7-6-10(17(2)16-7)12(18)15-9-5-3-4-8(13)11(9)14/h3-6H,1-2H3,(H,15,18). The molecule has 18 heavy (non-hydrogen) atoms. The van der Waals surface area contributed by atoms with E-state index in [4.69, 9.17) is 0 Å². The fraction of sp³-hybridized carbons (Fsp3) is 0.167. The van der Waals surface area contributed by atoms with Crippen molar-refractivity contribution in [2.24, 2.45) is 7.05 Å². The summed E-state index contributed by atoms with van der Waals surface area (Å²) in [5.74, 6) is -0.656. The molecule has 1 N–H and O–H groups in total. The summed E-state index contributed by atoms with van der Waals surface area (Å²) in [4.78, 5) is 12.0. The van der Waals surface area contributed by atoms with Gasteiger partial charge in [0, 0.05) is 7.05 Å². The average molecular weight is 359 g/mol. The molecule has 0 atom stereocenters. The van der Waals surface area contributed by atoms with Crippen LogP contribution >= 0.6 is 22.6 Å². The Balaban J connectivity index is 2.27. The number of aryl methyl sites for hydroxylation is 2. The summed E-state index contributed by atoms with van der Waals surface area (Å²) in [6, 6.07) is 6.25. The van der Waals surface area contributed by atoms with Crippen molar-refractivity contribution >= 4 is 34.2 Å². The van der Waals surface area contributed by atoms with Crippen molar-refractivity contribution in [3.8, 4) is 0 Å². The number of hydrogen-bond donors (Lipinski definition) is 1. The minimum atomic E-state index is -0.352. The van der Waals surface area contributed by atoms with Crippen LogP contribution < -0.4 is 5.32 Å². The van der Waals surface area contributed by atoms with Crippen LogP contribution in [0, 0.1) is 16.3 Å². The predicted molar refractivity (Wildman–Crippen MR) is 75.0 cm³/mol. The van der Waals surface area contributed by atoms with Gasteiger partial charge in [-0.3, -0.25) is 9.48 Å². The van der Waals surface area contributed by atoms with Gasteiger partial charge >= 0.3 is 0 Å². The zero-order chi connectivity index (χ0) is 13.3.